The van der Waals surface area contributed by atoms with Gasteiger partial charge in [-0.15, -0.1) is 0 Å². The van der Waals surface area contributed by atoms with E-state index < -0.39 is 0 Å². The van der Waals surface area contributed by atoms with E-state index in [1.807, 2.05) is 35.0 Å². The fourth-order valence-corrected chi connectivity index (χ4v) is 2.31. The van der Waals surface area contributed by atoms with Crippen molar-refractivity contribution in [3.8, 4) is 0 Å². The third-order valence-electron chi connectivity index (χ3n) is 3.22. The Morgan fingerprint density at radius 1 is 1.35 bits per heavy atom. The molecule has 0 atom stereocenters. The van der Waals surface area contributed by atoms with Gasteiger partial charge in [0.2, 0.25) is 0 Å². The molecule has 17 heavy (non-hydrogen) atoms. The molecule has 90 valence electrons. The van der Waals surface area contributed by atoms with Crippen molar-refractivity contribution in [1.82, 2.24) is 14.9 Å². The summed E-state index contributed by atoms with van der Waals surface area (Å²) >= 11 is 0. The minimum absolute atomic E-state index is 0.395. The second-order valence-corrected chi connectivity index (χ2v) is 4.54. The lowest BCUT2D eigenvalue weighted by Gasteiger charge is -2.10. The lowest BCUT2D eigenvalue weighted by molar-refractivity contribution is -0.0248. The average molecular weight is 231 g/mol. The molecule has 0 aliphatic heterocycles. The third-order valence-corrected chi connectivity index (χ3v) is 3.22. The molecule has 3 rings (SSSR count). The van der Waals surface area contributed by atoms with Crippen LogP contribution in [0.3, 0.4) is 0 Å². The number of hydrogen-bond donors (Lipinski definition) is 1. The smallest absolute Gasteiger partial charge is 0.137 e. The number of hydrogen-bond acceptors (Lipinski definition) is 3. The molecule has 0 aromatic carbocycles. The molecular weight excluding hydrogens is 214 g/mol. The molecular formula is C13H17N3O. The van der Waals surface area contributed by atoms with E-state index in [-0.39, 0.29) is 0 Å². The standard InChI is InChI=1S/C13H17N3O/c1-2-6-12(5-1)17-14-9-11-10-16-8-4-3-7-13(16)15-11/h3-4,7-8,10,12,14H,1-2,5-6,9H2. The average Bonchev–Trinajstić information content (AvgIpc) is 2.96. The molecule has 0 unspecified atom stereocenters. The molecule has 4 heteroatoms. The number of rotatable bonds is 4. The molecule has 4 nitrogen and oxygen atoms in total. The van der Waals surface area contributed by atoms with Crippen LogP contribution in [0.15, 0.2) is 30.6 Å². The summed E-state index contributed by atoms with van der Waals surface area (Å²) in [6, 6.07) is 6.00. The van der Waals surface area contributed by atoms with Gasteiger partial charge in [0.25, 0.3) is 0 Å². The van der Waals surface area contributed by atoms with E-state index in [1.54, 1.807) is 0 Å². The van der Waals surface area contributed by atoms with Crippen LogP contribution in [-0.2, 0) is 11.4 Å². The van der Waals surface area contributed by atoms with Gasteiger partial charge in [-0.05, 0) is 25.0 Å². The van der Waals surface area contributed by atoms with Crippen molar-refractivity contribution in [3.63, 3.8) is 0 Å². The molecule has 2 aromatic rings. The Balaban J connectivity index is 1.57. The lowest BCUT2D eigenvalue weighted by atomic mass is 10.3. The Bertz CT molecular complexity index is 455. The highest BCUT2D eigenvalue weighted by molar-refractivity contribution is 5.39. The fraction of sp³-hybridized carbons (Fsp3) is 0.462. The first-order valence-corrected chi connectivity index (χ1v) is 6.23. The second-order valence-electron chi connectivity index (χ2n) is 4.54. The predicted molar refractivity (Wildman–Crippen MR) is 65.4 cm³/mol. The van der Waals surface area contributed by atoms with Gasteiger partial charge in [-0.25, -0.2) is 4.98 Å². The number of fused-ring (bicyclic) bond motifs is 1. The van der Waals surface area contributed by atoms with Crippen molar-refractivity contribution in [2.24, 2.45) is 0 Å². The Morgan fingerprint density at radius 2 is 2.24 bits per heavy atom. The van der Waals surface area contributed by atoms with Gasteiger partial charge in [0.1, 0.15) is 5.65 Å². The molecule has 1 aliphatic rings. The highest BCUT2D eigenvalue weighted by Crippen LogP contribution is 2.19. The minimum Gasteiger partial charge on any atom is -0.307 e. The van der Waals surface area contributed by atoms with Gasteiger partial charge >= 0.3 is 0 Å². The summed E-state index contributed by atoms with van der Waals surface area (Å²) in [7, 11) is 0. The highest BCUT2D eigenvalue weighted by atomic mass is 16.7. The third kappa shape index (κ3) is 2.48. The van der Waals surface area contributed by atoms with Gasteiger partial charge in [-0.3, -0.25) is 4.84 Å². The monoisotopic (exact) mass is 231 g/mol. The van der Waals surface area contributed by atoms with Crippen LogP contribution >= 0.6 is 0 Å². The summed E-state index contributed by atoms with van der Waals surface area (Å²) in [6.07, 6.45) is 9.37. The number of pyridine rings is 1. The van der Waals surface area contributed by atoms with Crippen molar-refractivity contribution < 1.29 is 4.84 Å². The topological polar surface area (TPSA) is 38.6 Å². The zero-order chi connectivity index (χ0) is 11.5. The van der Waals surface area contributed by atoms with Crippen molar-refractivity contribution in [2.45, 2.75) is 38.3 Å². The molecule has 0 amide bonds. The van der Waals surface area contributed by atoms with Gasteiger partial charge in [0.05, 0.1) is 18.3 Å². The zero-order valence-electron chi connectivity index (χ0n) is 9.80. The first kappa shape index (κ1) is 10.7. The van der Waals surface area contributed by atoms with E-state index in [2.05, 4.69) is 10.5 Å². The van der Waals surface area contributed by atoms with Crippen molar-refractivity contribution in [2.75, 3.05) is 0 Å². The number of aromatic nitrogens is 2. The van der Waals surface area contributed by atoms with Crippen LogP contribution < -0.4 is 5.48 Å². The molecule has 2 aromatic heterocycles. The Morgan fingerprint density at radius 3 is 3.06 bits per heavy atom. The number of nitrogens with zero attached hydrogens (tertiary/aromatic N) is 2. The number of imidazole rings is 1. The fourth-order valence-electron chi connectivity index (χ4n) is 2.31. The lowest BCUT2D eigenvalue weighted by Crippen LogP contribution is -2.21. The Labute approximate surface area is 101 Å². The van der Waals surface area contributed by atoms with Crippen molar-refractivity contribution >= 4 is 5.65 Å². The van der Waals surface area contributed by atoms with Gasteiger partial charge in [-0.1, -0.05) is 18.9 Å². The van der Waals surface area contributed by atoms with Gasteiger partial charge < -0.3 is 4.40 Å². The van der Waals surface area contributed by atoms with Crippen LogP contribution in [0.2, 0.25) is 0 Å². The maximum Gasteiger partial charge on any atom is 0.137 e. The van der Waals surface area contributed by atoms with Crippen LogP contribution in [0, 0.1) is 0 Å². The number of nitrogens with one attached hydrogen (secondary N) is 1. The van der Waals surface area contributed by atoms with E-state index in [4.69, 9.17) is 4.84 Å². The Kier molecular flexibility index (Phi) is 3.07. The molecule has 1 aliphatic carbocycles. The van der Waals surface area contributed by atoms with Crippen LogP contribution in [0.4, 0.5) is 0 Å². The molecule has 1 N–H and O–H groups in total. The van der Waals surface area contributed by atoms with Gasteiger partial charge in [0, 0.05) is 12.4 Å². The summed E-state index contributed by atoms with van der Waals surface area (Å²) in [5.41, 5.74) is 5.01. The van der Waals surface area contributed by atoms with Crippen molar-refractivity contribution in [3.05, 3.63) is 36.3 Å². The Hall–Kier alpha value is -1.39. The molecule has 0 radical (unpaired) electrons. The quantitative estimate of drug-likeness (QED) is 0.820. The number of hydroxylamine groups is 1. The highest BCUT2D eigenvalue weighted by Gasteiger charge is 2.15. The van der Waals surface area contributed by atoms with Crippen molar-refractivity contribution in [1.29, 1.82) is 0 Å². The molecule has 0 bridgehead atoms. The first-order valence-electron chi connectivity index (χ1n) is 6.23. The normalized spacial score (nSPS) is 16.9. The van der Waals surface area contributed by atoms with Gasteiger partial charge in [0.15, 0.2) is 0 Å². The molecule has 1 saturated carbocycles. The SMILES string of the molecule is c1ccn2cc(CNOC3CCCC3)nc2c1. The summed E-state index contributed by atoms with van der Waals surface area (Å²) in [4.78, 5) is 10.1. The molecule has 2 heterocycles. The van der Waals surface area contributed by atoms with E-state index >= 15 is 0 Å². The summed E-state index contributed by atoms with van der Waals surface area (Å²) in [5, 5.41) is 0. The van der Waals surface area contributed by atoms with Gasteiger partial charge in [-0.2, -0.15) is 5.48 Å². The molecule has 0 spiro atoms. The van der Waals surface area contributed by atoms with E-state index in [0.717, 1.165) is 11.3 Å². The van der Waals surface area contributed by atoms with E-state index in [9.17, 15) is 0 Å². The van der Waals surface area contributed by atoms with E-state index in [0.29, 0.717) is 12.6 Å². The summed E-state index contributed by atoms with van der Waals surface area (Å²) in [6.45, 7) is 0.665. The first-order chi connectivity index (χ1) is 8.42. The van der Waals surface area contributed by atoms with Crippen LogP contribution in [-0.4, -0.2) is 15.5 Å². The predicted octanol–water partition coefficient (Wildman–Crippen LogP) is 2.30. The van der Waals surface area contributed by atoms with Crippen LogP contribution in [0.1, 0.15) is 31.4 Å². The summed E-state index contributed by atoms with van der Waals surface area (Å²) in [5.74, 6) is 0. The molecule has 1 fully saturated rings. The van der Waals surface area contributed by atoms with Crippen LogP contribution in [0.25, 0.3) is 5.65 Å². The summed E-state index contributed by atoms with van der Waals surface area (Å²) < 4.78 is 2.02. The maximum atomic E-state index is 5.60. The van der Waals surface area contributed by atoms with Crippen LogP contribution in [0.5, 0.6) is 0 Å². The zero-order valence-corrected chi connectivity index (χ0v) is 9.80. The second kappa shape index (κ2) is 4.85. The molecule has 0 saturated heterocycles. The largest absolute Gasteiger partial charge is 0.307 e. The minimum atomic E-state index is 0.395. The maximum absolute atomic E-state index is 5.60. The van der Waals surface area contributed by atoms with E-state index in [1.165, 1.54) is 25.7 Å².